The first kappa shape index (κ1) is 12.8. The molecule has 0 unspecified atom stereocenters. The average molecular weight is 283 g/mol. The largest absolute Gasteiger partial charge is 0.409 e. The normalized spacial score (nSPS) is 11.7. The summed E-state index contributed by atoms with van der Waals surface area (Å²) in [6, 6.07) is 5.29. The Morgan fingerprint density at radius 2 is 2.39 bits per heavy atom. The van der Waals surface area contributed by atoms with Crippen LogP contribution in [0.4, 0.5) is 0 Å². The highest BCUT2D eigenvalue weighted by Gasteiger charge is 2.06. The average Bonchev–Trinajstić information content (AvgIpc) is 2.89. The third-order valence-electron chi connectivity index (χ3n) is 2.29. The van der Waals surface area contributed by atoms with Gasteiger partial charge in [0.2, 0.25) is 0 Å². The molecule has 1 heterocycles. The Morgan fingerprint density at radius 1 is 1.56 bits per heavy atom. The number of benzene rings is 1. The van der Waals surface area contributed by atoms with E-state index in [1.807, 2.05) is 6.07 Å². The highest BCUT2D eigenvalue weighted by molar-refractivity contribution is 7.98. The zero-order valence-electron chi connectivity index (χ0n) is 9.30. The highest BCUT2D eigenvalue weighted by Crippen LogP contribution is 2.25. The fourth-order valence-corrected chi connectivity index (χ4v) is 2.51. The Bertz CT molecular complexity index is 556. The van der Waals surface area contributed by atoms with Crippen molar-refractivity contribution in [2.45, 2.75) is 10.9 Å². The third kappa shape index (κ3) is 2.96. The molecule has 0 aliphatic carbocycles. The first-order valence-electron chi connectivity index (χ1n) is 5.09. The van der Waals surface area contributed by atoms with E-state index in [0.717, 1.165) is 10.7 Å². The number of amidine groups is 1. The lowest BCUT2D eigenvalue weighted by Gasteiger charge is -2.05. The first-order chi connectivity index (χ1) is 8.70. The summed E-state index contributed by atoms with van der Waals surface area (Å²) in [6.45, 7) is 0. The molecule has 0 saturated heterocycles. The van der Waals surface area contributed by atoms with Gasteiger partial charge in [-0.2, -0.15) is 0 Å². The van der Waals surface area contributed by atoms with Crippen LogP contribution in [-0.2, 0) is 5.75 Å². The topological polar surface area (TPSA) is 87.3 Å². The van der Waals surface area contributed by atoms with Gasteiger partial charge < -0.3 is 15.9 Å². The summed E-state index contributed by atoms with van der Waals surface area (Å²) in [6.07, 6.45) is 3.47. The van der Waals surface area contributed by atoms with Gasteiger partial charge in [-0.3, -0.25) is 0 Å². The van der Waals surface area contributed by atoms with Gasteiger partial charge in [0.15, 0.2) is 11.0 Å². The van der Waals surface area contributed by atoms with E-state index in [4.69, 9.17) is 22.5 Å². The van der Waals surface area contributed by atoms with Crippen LogP contribution in [0.1, 0.15) is 11.1 Å². The summed E-state index contributed by atoms with van der Waals surface area (Å²) in [4.78, 5) is 7.11. The number of hydrogen-bond donors (Lipinski definition) is 3. The van der Waals surface area contributed by atoms with Gasteiger partial charge >= 0.3 is 0 Å². The number of hydrogen-bond acceptors (Lipinski definition) is 4. The van der Waals surface area contributed by atoms with Crippen molar-refractivity contribution in [1.82, 2.24) is 9.97 Å². The quantitative estimate of drug-likeness (QED) is 0.264. The summed E-state index contributed by atoms with van der Waals surface area (Å²) < 4.78 is 0. The number of halogens is 1. The summed E-state index contributed by atoms with van der Waals surface area (Å²) in [5, 5.41) is 12.9. The third-order valence-corrected chi connectivity index (χ3v) is 3.60. The van der Waals surface area contributed by atoms with Crippen LogP contribution in [0.5, 0.6) is 0 Å². The highest BCUT2D eigenvalue weighted by atomic mass is 35.5. The SMILES string of the molecule is N/C(=N/O)c1ccc(CSc2ncc[nH]2)c(Cl)c1. The molecular weight excluding hydrogens is 272 g/mol. The van der Waals surface area contributed by atoms with Crippen molar-refractivity contribution in [3.05, 3.63) is 46.7 Å². The minimum Gasteiger partial charge on any atom is -0.409 e. The number of H-pyrrole nitrogens is 1. The molecule has 0 bridgehead atoms. The molecule has 0 amide bonds. The van der Waals surface area contributed by atoms with Crippen molar-refractivity contribution in [3.8, 4) is 0 Å². The molecule has 1 aromatic carbocycles. The molecule has 0 radical (unpaired) electrons. The summed E-state index contributed by atoms with van der Waals surface area (Å²) in [5.74, 6) is 0.741. The molecule has 0 saturated carbocycles. The minimum atomic E-state index is 0.0436. The lowest BCUT2D eigenvalue weighted by atomic mass is 10.1. The maximum absolute atomic E-state index is 8.58. The Kier molecular flexibility index (Phi) is 4.11. The monoisotopic (exact) mass is 282 g/mol. The fourth-order valence-electron chi connectivity index (χ4n) is 1.36. The molecule has 7 heteroatoms. The van der Waals surface area contributed by atoms with Crippen molar-refractivity contribution < 1.29 is 5.21 Å². The van der Waals surface area contributed by atoms with Gasteiger partial charge in [-0.05, 0) is 11.6 Å². The predicted molar refractivity (Wildman–Crippen MR) is 72.1 cm³/mol. The van der Waals surface area contributed by atoms with Crippen molar-refractivity contribution in [2.24, 2.45) is 10.9 Å². The van der Waals surface area contributed by atoms with Gasteiger partial charge in [-0.25, -0.2) is 4.98 Å². The maximum Gasteiger partial charge on any atom is 0.170 e. The van der Waals surface area contributed by atoms with Crippen molar-refractivity contribution >= 4 is 29.2 Å². The smallest absolute Gasteiger partial charge is 0.170 e. The summed E-state index contributed by atoms with van der Waals surface area (Å²) in [7, 11) is 0. The summed E-state index contributed by atoms with van der Waals surface area (Å²) >= 11 is 7.69. The van der Waals surface area contributed by atoms with Crippen molar-refractivity contribution in [2.75, 3.05) is 0 Å². The van der Waals surface area contributed by atoms with Crippen LogP contribution in [0.15, 0.2) is 40.9 Å². The van der Waals surface area contributed by atoms with Gasteiger partial charge in [0.1, 0.15) is 0 Å². The standard InChI is InChI=1S/C11H11ClN4OS/c12-9-5-7(10(13)16-17)1-2-8(9)6-18-11-14-3-4-15-11/h1-5,17H,6H2,(H2,13,16)(H,14,15). The zero-order chi connectivity index (χ0) is 13.0. The van der Waals surface area contributed by atoms with E-state index in [0.29, 0.717) is 16.3 Å². The maximum atomic E-state index is 8.58. The molecule has 2 rings (SSSR count). The number of rotatable bonds is 4. The minimum absolute atomic E-state index is 0.0436. The van der Waals surface area contributed by atoms with E-state index < -0.39 is 0 Å². The molecule has 18 heavy (non-hydrogen) atoms. The fraction of sp³-hybridized carbons (Fsp3) is 0.0909. The lowest BCUT2D eigenvalue weighted by Crippen LogP contribution is -2.12. The number of nitrogens with one attached hydrogen (secondary N) is 1. The molecule has 0 fully saturated rings. The molecule has 0 aliphatic rings. The van der Waals surface area contributed by atoms with Crippen LogP contribution in [0, 0.1) is 0 Å². The Morgan fingerprint density at radius 3 is 3.00 bits per heavy atom. The molecule has 1 aromatic heterocycles. The number of imidazole rings is 1. The van der Waals surface area contributed by atoms with E-state index in [9.17, 15) is 0 Å². The van der Waals surface area contributed by atoms with Gasteiger partial charge in [0.05, 0.1) is 0 Å². The Hall–Kier alpha value is -1.66. The van der Waals surface area contributed by atoms with Crippen LogP contribution in [0.25, 0.3) is 0 Å². The van der Waals surface area contributed by atoms with Crippen LogP contribution < -0.4 is 5.73 Å². The van der Waals surface area contributed by atoms with Crippen LogP contribution in [0.3, 0.4) is 0 Å². The number of nitrogens with zero attached hydrogens (tertiary/aromatic N) is 2. The molecule has 0 aliphatic heterocycles. The van der Waals surface area contributed by atoms with Crippen molar-refractivity contribution in [3.63, 3.8) is 0 Å². The molecular formula is C11H11ClN4OS. The van der Waals surface area contributed by atoms with Gasteiger partial charge in [-0.15, -0.1) is 0 Å². The van der Waals surface area contributed by atoms with Gasteiger partial charge in [0, 0.05) is 28.7 Å². The van der Waals surface area contributed by atoms with E-state index in [-0.39, 0.29) is 5.84 Å². The van der Waals surface area contributed by atoms with E-state index in [2.05, 4.69) is 15.1 Å². The summed E-state index contributed by atoms with van der Waals surface area (Å²) in [5.41, 5.74) is 7.04. The van der Waals surface area contributed by atoms with E-state index in [1.165, 1.54) is 0 Å². The zero-order valence-corrected chi connectivity index (χ0v) is 10.9. The lowest BCUT2D eigenvalue weighted by molar-refractivity contribution is 0.318. The molecule has 0 spiro atoms. The number of aromatic amines is 1. The van der Waals surface area contributed by atoms with Crippen molar-refractivity contribution in [1.29, 1.82) is 0 Å². The van der Waals surface area contributed by atoms with Crippen LogP contribution >= 0.6 is 23.4 Å². The van der Waals surface area contributed by atoms with Crippen LogP contribution in [0.2, 0.25) is 5.02 Å². The number of aromatic nitrogens is 2. The van der Waals surface area contributed by atoms with Gasteiger partial charge in [-0.1, -0.05) is 40.7 Å². The molecule has 4 N–H and O–H groups in total. The Balaban J connectivity index is 2.10. The second kappa shape index (κ2) is 5.79. The molecule has 5 nitrogen and oxygen atoms in total. The molecule has 2 aromatic rings. The second-order valence-corrected chi connectivity index (χ2v) is 4.85. The Labute approximate surface area is 113 Å². The number of oxime groups is 1. The molecule has 0 atom stereocenters. The number of thioether (sulfide) groups is 1. The predicted octanol–water partition coefficient (Wildman–Crippen LogP) is 2.45. The first-order valence-corrected chi connectivity index (χ1v) is 6.45. The van der Waals surface area contributed by atoms with Gasteiger partial charge in [0.25, 0.3) is 0 Å². The van der Waals surface area contributed by atoms with E-state index >= 15 is 0 Å². The number of nitrogens with two attached hydrogens (primary N) is 1. The second-order valence-electron chi connectivity index (χ2n) is 3.47. The van der Waals surface area contributed by atoms with E-state index in [1.54, 1.807) is 36.3 Å². The van der Waals surface area contributed by atoms with Crippen LogP contribution in [-0.4, -0.2) is 21.0 Å². The molecule has 94 valence electrons.